The first-order chi connectivity index (χ1) is 36.0. The van der Waals surface area contributed by atoms with E-state index < -0.39 is 112 Å². The van der Waals surface area contributed by atoms with Crippen LogP contribution < -0.4 is 33.1 Å². The van der Waals surface area contributed by atoms with Crippen LogP contribution in [-0.2, 0) is 68.5 Å². The Morgan fingerprint density at radius 2 is 0.870 bits per heavy atom. The van der Waals surface area contributed by atoms with Crippen molar-refractivity contribution < 1.29 is 51.7 Å². The highest BCUT2D eigenvalue weighted by molar-refractivity contribution is 5.98. The zero-order chi connectivity index (χ0) is 57.1. The van der Waals surface area contributed by atoms with Gasteiger partial charge in [-0.1, -0.05) is 69.3 Å². The molecule has 2 heterocycles. The molecule has 0 aliphatic carbocycles. The van der Waals surface area contributed by atoms with Gasteiger partial charge in [-0.3, -0.25) is 33.1 Å². The molecule has 0 saturated carbocycles. The average molecular weight is 1070 g/mol. The summed E-state index contributed by atoms with van der Waals surface area (Å²) in [6, 6.07) is 11.7. The van der Waals surface area contributed by atoms with Crippen molar-refractivity contribution in [2.24, 2.45) is 33.6 Å². The van der Waals surface area contributed by atoms with Crippen LogP contribution in [0.2, 0.25) is 0 Å². The smallest absolute Gasteiger partial charge is 0.330 e. The molecule has 4 aromatic carbocycles. The Labute approximate surface area is 437 Å². The molecular weight excluding hydrogens is 1010 g/mol. The summed E-state index contributed by atoms with van der Waals surface area (Å²) in [6.45, 7) is 7.65. The molecule has 0 spiro atoms. The Kier molecular flexibility index (Phi) is 17.2. The number of carboxylic acids is 2. The first-order valence-electron chi connectivity index (χ1n) is 24.0. The molecule has 0 radical (unpaired) electrons. The van der Waals surface area contributed by atoms with Crippen LogP contribution in [0.25, 0.3) is 22.3 Å². The second-order valence-corrected chi connectivity index (χ2v) is 20.0. The number of hydrogen-bond acceptors (Lipinski definition) is 9. The van der Waals surface area contributed by atoms with Crippen molar-refractivity contribution in [3.63, 3.8) is 0 Å². The van der Waals surface area contributed by atoms with Gasteiger partial charge in [0.25, 0.3) is 22.9 Å². The van der Waals surface area contributed by atoms with Gasteiger partial charge in [-0.25, -0.2) is 36.7 Å². The van der Waals surface area contributed by atoms with Gasteiger partial charge < -0.3 is 34.9 Å². The van der Waals surface area contributed by atoms with Crippen LogP contribution in [0.3, 0.4) is 0 Å². The van der Waals surface area contributed by atoms with Crippen molar-refractivity contribution in [1.29, 1.82) is 0 Å². The molecule has 0 bridgehead atoms. The molecule has 77 heavy (non-hydrogen) atoms. The Balaban J connectivity index is 1.17. The van der Waals surface area contributed by atoms with E-state index in [1.165, 1.54) is 85.9 Å². The first-order valence-corrected chi connectivity index (χ1v) is 24.0. The molecular formula is C55H57F4N7O11. The fourth-order valence-corrected chi connectivity index (χ4v) is 8.68. The van der Waals surface area contributed by atoms with Gasteiger partial charge in [0.1, 0.15) is 46.5 Å². The van der Waals surface area contributed by atoms with E-state index in [1.807, 2.05) is 20.8 Å². The SMILES string of the molecule is Cc1c(-c2ccc(C[C@H](NC(=O)c3c(F)cc(CN(Cc4cc(F)c(C(=O)N[C@@H](Cc5ccc(-c6c(C)n(C)c(=O)n(C)c6=O)cc5)C(=O)O)c(F)c4)C(=O)CCC(C)(C)C)cc3F)C(=O)O)cc2)c(=O)n(C)c(=O)n1C. The van der Waals surface area contributed by atoms with Crippen molar-refractivity contribution in [3.8, 4) is 22.3 Å². The summed E-state index contributed by atoms with van der Waals surface area (Å²) in [5.41, 5.74) is -2.38. The highest BCUT2D eigenvalue weighted by Gasteiger charge is 2.30. The lowest BCUT2D eigenvalue weighted by atomic mass is 9.90. The number of nitrogens with zero attached hydrogens (tertiary/aromatic N) is 5. The third kappa shape index (κ3) is 12.9. The molecule has 6 rings (SSSR count). The van der Waals surface area contributed by atoms with Crippen LogP contribution in [0.1, 0.15) is 88.0 Å². The summed E-state index contributed by atoms with van der Waals surface area (Å²) >= 11 is 0. The van der Waals surface area contributed by atoms with E-state index in [0.29, 0.717) is 40.1 Å². The molecule has 406 valence electrons. The second kappa shape index (κ2) is 23.1. The summed E-state index contributed by atoms with van der Waals surface area (Å²) in [7, 11) is 5.66. The largest absolute Gasteiger partial charge is 0.480 e. The first kappa shape index (κ1) is 57.6. The standard InChI is InChI=1S/C55H57F4N7O11/c1-28-43(49(70)64(8)53(76)62(28)6)34-14-10-30(11-15-34)24-40(51(72)73)60-47(68)45-36(56)20-32(21-37(45)57)26-66(42(67)18-19-55(3,4)5)27-33-22-38(58)46(39(59)23-33)48(69)61-41(52(74)75)25-31-12-16-35(17-13-31)44-29(2)63(7)54(77)65(9)50(44)71/h10-17,20-23,40-41H,18-19,24-27H2,1-9H3,(H,60,68)(H,61,69)(H,72,73)(H,74,75)/t40-,41-/m0/s1. The van der Waals surface area contributed by atoms with E-state index in [2.05, 4.69) is 10.6 Å². The monoisotopic (exact) mass is 1070 g/mol. The van der Waals surface area contributed by atoms with E-state index in [9.17, 15) is 53.4 Å². The number of nitrogens with one attached hydrogen (secondary N) is 2. The highest BCUT2D eigenvalue weighted by Crippen LogP contribution is 2.26. The van der Waals surface area contributed by atoms with E-state index in [-0.39, 0.29) is 46.9 Å². The molecule has 6 aromatic rings. The number of carbonyl (C=O) groups excluding carboxylic acids is 3. The maximum absolute atomic E-state index is 15.8. The Morgan fingerprint density at radius 3 is 1.17 bits per heavy atom. The van der Waals surface area contributed by atoms with Crippen molar-refractivity contribution >= 4 is 29.7 Å². The molecule has 2 aromatic heterocycles. The summed E-state index contributed by atoms with van der Waals surface area (Å²) in [5, 5.41) is 24.3. The van der Waals surface area contributed by atoms with Gasteiger partial charge in [0.05, 0.1) is 11.1 Å². The fourth-order valence-electron chi connectivity index (χ4n) is 8.68. The molecule has 22 heteroatoms. The molecule has 4 N–H and O–H groups in total. The lowest BCUT2D eigenvalue weighted by Crippen LogP contribution is -2.43. The molecule has 2 atom stereocenters. The zero-order valence-electron chi connectivity index (χ0n) is 43.6. The number of aromatic nitrogens is 4. The predicted octanol–water partition coefficient (Wildman–Crippen LogP) is 5.20. The van der Waals surface area contributed by atoms with Gasteiger partial charge in [0.2, 0.25) is 5.91 Å². The van der Waals surface area contributed by atoms with Gasteiger partial charge >= 0.3 is 23.3 Å². The van der Waals surface area contributed by atoms with Crippen LogP contribution in [0.15, 0.2) is 92.0 Å². The number of carboxylic acid groups (broad SMARTS) is 2. The van der Waals surface area contributed by atoms with Gasteiger partial charge in [-0.05, 0) is 83.3 Å². The van der Waals surface area contributed by atoms with Crippen molar-refractivity contribution in [2.75, 3.05) is 0 Å². The predicted molar refractivity (Wildman–Crippen MR) is 275 cm³/mol. The van der Waals surface area contributed by atoms with Crippen molar-refractivity contribution in [2.45, 2.75) is 85.5 Å². The van der Waals surface area contributed by atoms with E-state index in [0.717, 1.165) is 38.3 Å². The minimum atomic E-state index is -1.69. The van der Waals surface area contributed by atoms with Gasteiger partial charge in [-0.2, -0.15) is 0 Å². The van der Waals surface area contributed by atoms with E-state index in [4.69, 9.17) is 0 Å². The summed E-state index contributed by atoms with van der Waals surface area (Å²) in [6.07, 6.45) is -0.497. The maximum atomic E-state index is 15.8. The number of benzene rings is 4. The van der Waals surface area contributed by atoms with Crippen LogP contribution in [-0.4, -0.2) is 75.1 Å². The quantitative estimate of drug-likeness (QED) is 0.0817. The normalized spacial score (nSPS) is 12.2. The molecule has 0 aliphatic rings. The number of aliphatic carboxylic acids is 2. The molecule has 3 amide bonds. The number of hydrogen-bond donors (Lipinski definition) is 4. The lowest BCUT2D eigenvalue weighted by Gasteiger charge is -2.26. The van der Waals surface area contributed by atoms with Gasteiger partial charge in [0, 0.05) is 71.9 Å². The fraction of sp³-hybridized carbons (Fsp3) is 0.327. The van der Waals surface area contributed by atoms with Gasteiger partial charge in [0.15, 0.2) is 0 Å². The third-order valence-corrected chi connectivity index (χ3v) is 13.3. The van der Waals surface area contributed by atoms with Crippen molar-refractivity contribution in [3.05, 3.63) is 183 Å². The molecule has 18 nitrogen and oxygen atoms in total. The summed E-state index contributed by atoms with van der Waals surface area (Å²) in [5.74, 6) is -12.2. The van der Waals surface area contributed by atoms with Crippen LogP contribution in [0, 0.1) is 42.5 Å². The molecule has 0 aliphatic heterocycles. The van der Waals surface area contributed by atoms with Crippen molar-refractivity contribution in [1.82, 2.24) is 33.8 Å². The minimum absolute atomic E-state index is 0.115. The second-order valence-electron chi connectivity index (χ2n) is 20.0. The zero-order valence-corrected chi connectivity index (χ0v) is 43.6. The number of carbonyl (C=O) groups is 5. The average Bonchev–Trinajstić information content (AvgIpc) is 3.35. The maximum Gasteiger partial charge on any atom is 0.330 e. The topological polar surface area (TPSA) is 241 Å². The third-order valence-electron chi connectivity index (χ3n) is 13.3. The van der Waals surface area contributed by atoms with Crippen LogP contribution in [0.4, 0.5) is 17.6 Å². The molecule has 0 fully saturated rings. The Bertz CT molecular complexity index is 3330. The number of amides is 3. The molecule has 0 saturated heterocycles. The van der Waals surface area contributed by atoms with Gasteiger partial charge in [-0.15, -0.1) is 0 Å². The Morgan fingerprint density at radius 1 is 0.545 bits per heavy atom. The lowest BCUT2D eigenvalue weighted by molar-refractivity contribution is -0.140. The van der Waals surface area contributed by atoms with E-state index in [1.54, 1.807) is 13.8 Å². The van der Waals surface area contributed by atoms with Crippen LogP contribution in [0.5, 0.6) is 0 Å². The molecule has 0 unspecified atom stereocenters. The Hall–Kier alpha value is -8.69. The summed E-state index contributed by atoms with van der Waals surface area (Å²) in [4.78, 5) is 117. The van der Waals surface area contributed by atoms with Crippen LogP contribution >= 0.6 is 0 Å². The number of halogens is 4. The minimum Gasteiger partial charge on any atom is -0.480 e. The highest BCUT2D eigenvalue weighted by atomic mass is 19.1. The van der Waals surface area contributed by atoms with E-state index >= 15 is 17.6 Å². The summed E-state index contributed by atoms with van der Waals surface area (Å²) < 4.78 is 67.7. The number of rotatable bonds is 18.